The Kier molecular flexibility index (Phi) is 8.64. The lowest BCUT2D eigenvalue weighted by molar-refractivity contribution is -0.147. The van der Waals surface area contributed by atoms with E-state index in [1.165, 1.54) is 33.1 Å². The fourth-order valence-corrected chi connectivity index (χ4v) is 6.54. The van der Waals surface area contributed by atoms with Gasteiger partial charge in [-0.2, -0.15) is 5.10 Å². The number of nitrogens with one attached hydrogen (secondary N) is 1. The van der Waals surface area contributed by atoms with Crippen molar-refractivity contribution < 1.29 is 23.9 Å². The first kappa shape index (κ1) is 29.3. The molecule has 1 saturated heterocycles. The number of esters is 1. The van der Waals surface area contributed by atoms with E-state index in [1.807, 2.05) is 60.7 Å². The van der Waals surface area contributed by atoms with Crippen LogP contribution < -0.4 is 5.43 Å². The van der Waals surface area contributed by atoms with Crippen molar-refractivity contribution in [2.75, 3.05) is 11.5 Å². The normalized spacial score (nSPS) is 17.6. The third-order valence-corrected chi connectivity index (χ3v) is 8.51. The summed E-state index contributed by atoms with van der Waals surface area (Å²) in [6.45, 7) is 5.18. The lowest BCUT2D eigenvalue weighted by Gasteiger charge is -2.44. The molecule has 0 unspecified atom stereocenters. The molecule has 1 fully saturated rings. The zero-order valence-electron chi connectivity index (χ0n) is 23.4. The van der Waals surface area contributed by atoms with Crippen molar-refractivity contribution in [3.8, 4) is 0 Å². The van der Waals surface area contributed by atoms with Crippen LogP contribution in [0.4, 0.5) is 4.79 Å². The summed E-state index contributed by atoms with van der Waals surface area (Å²) in [7, 11) is 1.72. The van der Waals surface area contributed by atoms with E-state index in [0.717, 1.165) is 11.1 Å². The number of hydrazone groups is 1. The molecule has 0 aliphatic carbocycles. The zero-order chi connectivity index (χ0) is 29.9. The van der Waals surface area contributed by atoms with Gasteiger partial charge in [0, 0.05) is 18.6 Å². The number of β-lactam (4-membered cyclic amide) rings is 1. The lowest BCUT2D eigenvalue weighted by Crippen LogP contribution is -2.63. The number of aryl methyl sites for hydroxylation is 1. The molecule has 42 heavy (non-hydrogen) atoms. The van der Waals surface area contributed by atoms with Crippen molar-refractivity contribution in [2.45, 2.75) is 43.0 Å². The first-order valence-electron chi connectivity index (χ1n) is 13.0. The van der Waals surface area contributed by atoms with Gasteiger partial charge in [-0.15, -0.1) is 16.9 Å². The van der Waals surface area contributed by atoms with Crippen LogP contribution in [-0.2, 0) is 26.1 Å². The number of nitrogens with zero attached hydrogens (tertiary/aromatic N) is 6. The molecule has 2 aliphatic heterocycles. The average Bonchev–Trinajstić information content (AvgIpc) is 3.38. The summed E-state index contributed by atoms with van der Waals surface area (Å²) >= 11 is 2.76. The zero-order valence-corrected chi connectivity index (χ0v) is 25.0. The molecule has 0 saturated carbocycles. The summed E-state index contributed by atoms with van der Waals surface area (Å²) in [6.07, 6.45) is -1.48. The Balaban J connectivity index is 1.44. The van der Waals surface area contributed by atoms with Gasteiger partial charge in [0.25, 0.3) is 5.91 Å². The van der Waals surface area contributed by atoms with Crippen molar-refractivity contribution in [3.63, 3.8) is 0 Å². The van der Waals surface area contributed by atoms with Gasteiger partial charge in [-0.1, -0.05) is 72.4 Å². The molecule has 14 heteroatoms. The number of amides is 2. The molecule has 1 aromatic heterocycles. The van der Waals surface area contributed by atoms with Crippen LogP contribution in [0.3, 0.4) is 0 Å². The van der Waals surface area contributed by atoms with Crippen LogP contribution in [-0.4, -0.2) is 71.3 Å². The van der Waals surface area contributed by atoms with Crippen molar-refractivity contribution in [3.05, 3.63) is 83.1 Å². The SMILES string of the molecule is Cn1nnnc1SCC1=C(C(=O)OC(c2ccccc2)c2ccccc2)N2C(=O)/C(=N\NC(=O)OC(C)(C)C)[C@H]2SC1. The van der Waals surface area contributed by atoms with Crippen LogP contribution in [0.15, 0.2) is 82.2 Å². The minimum Gasteiger partial charge on any atom is -0.448 e. The molecule has 1 atom stereocenters. The summed E-state index contributed by atoms with van der Waals surface area (Å²) in [6, 6.07) is 18.8. The summed E-state index contributed by atoms with van der Waals surface area (Å²) in [4.78, 5) is 40.9. The Morgan fingerprint density at radius 1 is 1.12 bits per heavy atom. The van der Waals surface area contributed by atoms with E-state index in [1.54, 1.807) is 27.8 Å². The third kappa shape index (κ3) is 6.49. The predicted octanol–water partition coefficient (Wildman–Crippen LogP) is 3.68. The minimum atomic E-state index is -0.778. The number of fused-ring (bicyclic) bond motifs is 1. The summed E-state index contributed by atoms with van der Waals surface area (Å²) in [5.74, 6) is -0.373. The maximum atomic E-state index is 14.0. The molecule has 0 bridgehead atoms. The topological polar surface area (TPSA) is 141 Å². The number of carbonyl (C=O) groups is 3. The maximum absolute atomic E-state index is 14.0. The van der Waals surface area contributed by atoms with Gasteiger partial charge in [0.1, 0.15) is 16.7 Å². The number of tetrazole rings is 1. The molecule has 3 aromatic rings. The largest absolute Gasteiger partial charge is 0.448 e. The molecule has 218 valence electrons. The lowest BCUT2D eigenvalue weighted by atomic mass is 10.0. The van der Waals surface area contributed by atoms with Crippen molar-refractivity contribution >= 4 is 47.2 Å². The molecule has 2 aliphatic rings. The van der Waals surface area contributed by atoms with Crippen molar-refractivity contribution in [2.24, 2.45) is 12.1 Å². The summed E-state index contributed by atoms with van der Waals surface area (Å²) in [5, 5.41) is 15.5. The molecule has 3 heterocycles. The fraction of sp³-hybridized carbons (Fsp3) is 0.321. The minimum absolute atomic E-state index is 0.114. The second-order valence-electron chi connectivity index (χ2n) is 10.4. The molecule has 0 radical (unpaired) electrons. The number of aromatic nitrogens is 4. The summed E-state index contributed by atoms with van der Waals surface area (Å²) in [5.41, 5.74) is 4.11. The number of rotatable bonds is 8. The van der Waals surface area contributed by atoms with Crippen LogP contribution >= 0.6 is 23.5 Å². The number of hydrogen-bond acceptors (Lipinski definition) is 11. The number of benzene rings is 2. The van der Waals surface area contributed by atoms with Gasteiger partial charge < -0.3 is 9.47 Å². The van der Waals surface area contributed by atoms with E-state index in [2.05, 4.69) is 26.1 Å². The number of thioether (sulfide) groups is 2. The summed E-state index contributed by atoms with van der Waals surface area (Å²) < 4.78 is 12.9. The molecule has 2 amide bonds. The van der Waals surface area contributed by atoms with Crippen molar-refractivity contribution in [1.82, 2.24) is 30.5 Å². The Labute approximate surface area is 250 Å². The first-order chi connectivity index (χ1) is 20.1. The highest BCUT2D eigenvalue weighted by atomic mass is 32.2. The van der Waals surface area contributed by atoms with Crippen LogP contribution in [0, 0.1) is 0 Å². The number of carbonyl (C=O) groups excluding carboxylic acids is 3. The van der Waals surface area contributed by atoms with Crippen LogP contribution in [0.2, 0.25) is 0 Å². The highest BCUT2D eigenvalue weighted by Gasteiger charge is 2.52. The predicted molar refractivity (Wildman–Crippen MR) is 157 cm³/mol. The average molecular weight is 608 g/mol. The van der Waals surface area contributed by atoms with Gasteiger partial charge in [-0.25, -0.2) is 19.7 Å². The molecule has 5 rings (SSSR count). The van der Waals surface area contributed by atoms with Gasteiger partial charge in [-0.3, -0.25) is 9.69 Å². The monoisotopic (exact) mass is 607 g/mol. The van der Waals surface area contributed by atoms with Crippen LogP contribution in [0.1, 0.15) is 38.0 Å². The maximum Gasteiger partial charge on any atom is 0.428 e. The number of ether oxygens (including phenoxy) is 2. The van der Waals surface area contributed by atoms with Crippen LogP contribution in [0.5, 0.6) is 0 Å². The van der Waals surface area contributed by atoms with E-state index in [0.29, 0.717) is 22.2 Å². The second kappa shape index (κ2) is 12.4. The van der Waals surface area contributed by atoms with E-state index in [4.69, 9.17) is 9.47 Å². The molecular formula is C28H29N7O5S2. The smallest absolute Gasteiger partial charge is 0.428 e. The Morgan fingerprint density at radius 2 is 1.76 bits per heavy atom. The van der Waals surface area contributed by atoms with E-state index in [-0.39, 0.29) is 11.4 Å². The standard InChI is InChI=1S/C28H29N7O5S2/c1-28(2,3)40-27(38)31-29-20-23(36)35-21(19(15-41-24(20)35)16-42-26-30-32-33-34(26)4)25(37)39-22(17-11-7-5-8-12-17)18-13-9-6-10-14-18/h5-14,22,24H,15-16H2,1-4H3,(H,31,38)/b29-20+/t24-/m1/s1. The van der Waals surface area contributed by atoms with Gasteiger partial charge in [-0.05, 0) is 47.9 Å². The van der Waals surface area contributed by atoms with E-state index < -0.39 is 35.0 Å². The highest BCUT2D eigenvalue weighted by molar-refractivity contribution is 8.01. The second-order valence-corrected chi connectivity index (χ2v) is 12.4. The molecule has 2 aromatic carbocycles. The highest BCUT2D eigenvalue weighted by Crippen LogP contribution is 2.41. The third-order valence-electron chi connectivity index (χ3n) is 6.14. The van der Waals surface area contributed by atoms with Gasteiger partial charge in [0.15, 0.2) is 11.8 Å². The molecule has 1 N–H and O–H groups in total. The molecule has 12 nitrogen and oxygen atoms in total. The van der Waals surface area contributed by atoms with Crippen LogP contribution in [0.25, 0.3) is 0 Å². The van der Waals surface area contributed by atoms with E-state index >= 15 is 0 Å². The van der Waals surface area contributed by atoms with Crippen molar-refractivity contribution in [1.29, 1.82) is 0 Å². The Hall–Kier alpha value is -4.17. The Bertz CT molecular complexity index is 1500. The first-order valence-corrected chi connectivity index (χ1v) is 15.1. The van der Waals surface area contributed by atoms with Gasteiger partial charge in [0.2, 0.25) is 5.16 Å². The quantitative estimate of drug-likeness (QED) is 0.174. The Morgan fingerprint density at radius 3 is 2.33 bits per heavy atom. The van der Waals surface area contributed by atoms with E-state index in [9.17, 15) is 14.4 Å². The molecular weight excluding hydrogens is 578 g/mol. The molecule has 0 spiro atoms. The fourth-order valence-electron chi connectivity index (χ4n) is 4.29. The van der Waals surface area contributed by atoms with Gasteiger partial charge >= 0.3 is 12.1 Å². The number of hydrogen-bond donors (Lipinski definition) is 1. The van der Waals surface area contributed by atoms with Gasteiger partial charge in [0.05, 0.1) is 0 Å².